The lowest BCUT2D eigenvalue weighted by Crippen LogP contribution is -2.26. The predicted molar refractivity (Wildman–Crippen MR) is 64.3 cm³/mol. The number of carbonyl (C=O) groups is 1. The standard InChI is InChI=1S/C13H15FN2O2/c1-2-16(6-5-13(17)18)9-10-3-4-12(14)7-11(10)8-15/h3-4,7H,2,5-6,9H2,1H3,(H,17,18). The van der Waals surface area contributed by atoms with E-state index in [9.17, 15) is 9.18 Å². The number of halogens is 1. The van der Waals surface area contributed by atoms with Crippen LogP contribution < -0.4 is 0 Å². The first kappa shape index (κ1) is 14.1. The van der Waals surface area contributed by atoms with Gasteiger partial charge in [0.25, 0.3) is 0 Å². The molecule has 4 nitrogen and oxygen atoms in total. The van der Waals surface area contributed by atoms with Gasteiger partial charge < -0.3 is 5.11 Å². The van der Waals surface area contributed by atoms with Crippen LogP contribution in [-0.4, -0.2) is 29.1 Å². The molecule has 0 aliphatic heterocycles. The average molecular weight is 250 g/mol. The van der Waals surface area contributed by atoms with Crippen LogP contribution in [0.2, 0.25) is 0 Å². The molecule has 1 rings (SSSR count). The SMILES string of the molecule is CCN(CCC(=O)O)Cc1ccc(F)cc1C#N. The van der Waals surface area contributed by atoms with E-state index >= 15 is 0 Å². The molecule has 0 spiro atoms. The van der Waals surface area contributed by atoms with E-state index in [0.717, 1.165) is 0 Å². The van der Waals surface area contributed by atoms with Gasteiger partial charge in [-0.3, -0.25) is 9.69 Å². The molecule has 0 aromatic heterocycles. The van der Waals surface area contributed by atoms with Crippen molar-refractivity contribution >= 4 is 5.97 Å². The van der Waals surface area contributed by atoms with Crippen molar-refractivity contribution in [3.63, 3.8) is 0 Å². The van der Waals surface area contributed by atoms with E-state index in [1.807, 2.05) is 17.9 Å². The maximum Gasteiger partial charge on any atom is 0.304 e. The lowest BCUT2D eigenvalue weighted by molar-refractivity contribution is -0.137. The molecule has 5 heteroatoms. The Balaban J connectivity index is 2.75. The van der Waals surface area contributed by atoms with Gasteiger partial charge in [-0.25, -0.2) is 4.39 Å². The Morgan fingerprint density at radius 3 is 2.83 bits per heavy atom. The molecule has 0 saturated heterocycles. The molecule has 0 saturated carbocycles. The molecule has 0 unspecified atom stereocenters. The highest BCUT2D eigenvalue weighted by Gasteiger charge is 2.10. The maximum absolute atomic E-state index is 13.0. The van der Waals surface area contributed by atoms with Crippen molar-refractivity contribution in [1.29, 1.82) is 5.26 Å². The Morgan fingerprint density at radius 1 is 1.56 bits per heavy atom. The predicted octanol–water partition coefficient (Wildman–Crippen LogP) is 1.99. The lowest BCUT2D eigenvalue weighted by Gasteiger charge is -2.20. The number of rotatable bonds is 6. The molecule has 0 bridgehead atoms. The van der Waals surface area contributed by atoms with E-state index in [2.05, 4.69) is 0 Å². The number of benzene rings is 1. The first-order chi connectivity index (χ1) is 8.56. The highest BCUT2D eigenvalue weighted by molar-refractivity contribution is 5.66. The molecule has 1 aromatic carbocycles. The minimum Gasteiger partial charge on any atom is -0.481 e. The fourth-order valence-corrected chi connectivity index (χ4v) is 1.63. The number of hydrogen-bond donors (Lipinski definition) is 1. The Labute approximate surface area is 105 Å². The summed E-state index contributed by atoms with van der Waals surface area (Å²) >= 11 is 0. The third-order valence-corrected chi connectivity index (χ3v) is 2.68. The highest BCUT2D eigenvalue weighted by Crippen LogP contribution is 2.13. The Morgan fingerprint density at radius 2 is 2.28 bits per heavy atom. The summed E-state index contributed by atoms with van der Waals surface area (Å²) in [6.07, 6.45) is 0.0525. The van der Waals surface area contributed by atoms with Gasteiger partial charge in [-0.05, 0) is 24.2 Å². The monoisotopic (exact) mass is 250 g/mol. The largest absolute Gasteiger partial charge is 0.481 e. The molecular formula is C13H15FN2O2. The summed E-state index contributed by atoms with van der Waals surface area (Å²) in [5, 5.41) is 17.5. The number of nitrogens with zero attached hydrogens (tertiary/aromatic N) is 2. The third kappa shape index (κ3) is 4.15. The summed E-state index contributed by atoms with van der Waals surface area (Å²) < 4.78 is 13.0. The van der Waals surface area contributed by atoms with Crippen molar-refractivity contribution in [2.75, 3.05) is 13.1 Å². The molecule has 1 aromatic rings. The first-order valence-corrected chi connectivity index (χ1v) is 5.69. The van der Waals surface area contributed by atoms with Gasteiger partial charge in [-0.15, -0.1) is 0 Å². The highest BCUT2D eigenvalue weighted by atomic mass is 19.1. The molecule has 0 amide bonds. The quantitative estimate of drug-likeness (QED) is 0.838. The van der Waals surface area contributed by atoms with Crippen LogP contribution in [0.4, 0.5) is 4.39 Å². The van der Waals surface area contributed by atoms with Gasteiger partial charge >= 0.3 is 5.97 Å². The summed E-state index contributed by atoms with van der Waals surface area (Å²) in [4.78, 5) is 12.4. The second-order valence-electron chi connectivity index (χ2n) is 3.93. The van der Waals surface area contributed by atoms with Crippen molar-refractivity contribution in [1.82, 2.24) is 4.90 Å². The minimum absolute atomic E-state index is 0.0525. The summed E-state index contributed by atoms with van der Waals surface area (Å²) in [5.41, 5.74) is 1.01. The van der Waals surface area contributed by atoms with Crippen LogP contribution in [0.3, 0.4) is 0 Å². The molecule has 1 N–H and O–H groups in total. The fraction of sp³-hybridized carbons (Fsp3) is 0.385. The van der Waals surface area contributed by atoms with E-state index in [4.69, 9.17) is 10.4 Å². The van der Waals surface area contributed by atoms with Gasteiger partial charge in [0.2, 0.25) is 0 Å². The molecule has 0 radical (unpaired) electrons. The van der Waals surface area contributed by atoms with Gasteiger partial charge in [0.1, 0.15) is 5.82 Å². The normalized spacial score (nSPS) is 10.3. The zero-order valence-corrected chi connectivity index (χ0v) is 10.2. The van der Waals surface area contributed by atoms with E-state index in [-0.39, 0.29) is 6.42 Å². The molecule has 96 valence electrons. The van der Waals surface area contributed by atoms with Crippen LogP contribution in [-0.2, 0) is 11.3 Å². The second kappa shape index (κ2) is 6.72. The number of aliphatic carboxylic acids is 1. The Bertz CT molecular complexity index is 469. The molecular weight excluding hydrogens is 235 g/mol. The van der Waals surface area contributed by atoms with Gasteiger partial charge in [0, 0.05) is 13.1 Å². The van der Waals surface area contributed by atoms with Crippen LogP contribution in [0.1, 0.15) is 24.5 Å². The molecule has 0 atom stereocenters. The van der Waals surface area contributed by atoms with Gasteiger partial charge in [-0.2, -0.15) is 5.26 Å². The first-order valence-electron chi connectivity index (χ1n) is 5.69. The second-order valence-corrected chi connectivity index (χ2v) is 3.93. The average Bonchev–Trinajstić information content (AvgIpc) is 2.35. The van der Waals surface area contributed by atoms with Crippen LogP contribution in [0.15, 0.2) is 18.2 Å². The van der Waals surface area contributed by atoms with Crippen molar-refractivity contribution in [3.8, 4) is 6.07 Å². The zero-order chi connectivity index (χ0) is 13.5. The third-order valence-electron chi connectivity index (χ3n) is 2.68. The van der Waals surface area contributed by atoms with Gasteiger partial charge in [-0.1, -0.05) is 13.0 Å². The Hall–Kier alpha value is -1.93. The molecule has 0 fully saturated rings. The molecule has 0 heterocycles. The van der Waals surface area contributed by atoms with Crippen molar-refractivity contribution in [2.45, 2.75) is 19.9 Å². The van der Waals surface area contributed by atoms with E-state index in [0.29, 0.717) is 30.8 Å². The zero-order valence-electron chi connectivity index (χ0n) is 10.2. The fourth-order valence-electron chi connectivity index (χ4n) is 1.63. The van der Waals surface area contributed by atoms with Crippen molar-refractivity contribution in [3.05, 3.63) is 35.1 Å². The summed E-state index contributed by atoms with van der Waals surface area (Å²) in [6, 6.07) is 6.02. The number of carboxylic acid groups (broad SMARTS) is 1. The smallest absolute Gasteiger partial charge is 0.304 e. The minimum atomic E-state index is -0.854. The van der Waals surface area contributed by atoms with E-state index in [1.165, 1.54) is 12.1 Å². The number of carboxylic acids is 1. The van der Waals surface area contributed by atoms with E-state index in [1.54, 1.807) is 6.07 Å². The van der Waals surface area contributed by atoms with Crippen LogP contribution >= 0.6 is 0 Å². The number of nitriles is 1. The summed E-state index contributed by atoms with van der Waals surface area (Å²) in [5.74, 6) is -1.29. The molecule has 0 aliphatic carbocycles. The van der Waals surface area contributed by atoms with Crippen molar-refractivity contribution < 1.29 is 14.3 Å². The van der Waals surface area contributed by atoms with Crippen LogP contribution in [0, 0.1) is 17.1 Å². The lowest BCUT2D eigenvalue weighted by atomic mass is 10.1. The van der Waals surface area contributed by atoms with Gasteiger partial charge in [0.15, 0.2) is 0 Å². The molecule has 18 heavy (non-hydrogen) atoms. The van der Waals surface area contributed by atoms with E-state index < -0.39 is 11.8 Å². The summed E-state index contributed by atoms with van der Waals surface area (Å²) in [7, 11) is 0. The maximum atomic E-state index is 13.0. The summed E-state index contributed by atoms with van der Waals surface area (Å²) in [6.45, 7) is 3.45. The van der Waals surface area contributed by atoms with Crippen LogP contribution in [0.5, 0.6) is 0 Å². The Kier molecular flexibility index (Phi) is 5.28. The van der Waals surface area contributed by atoms with Gasteiger partial charge in [0.05, 0.1) is 18.1 Å². The van der Waals surface area contributed by atoms with Crippen LogP contribution in [0.25, 0.3) is 0 Å². The van der Waals surface area contributed by atoms with Crippen molar-refractivity contribution in [2.24, 2.45) is 0 Å². The number of hydrogen-bond acceptors (Lipinski definition) is 3. The topological polar surface area (TPSA) is 64.3 Å². The molecule has 0 aliphatic rings.